The van der Waals surface area contributed by atoms with Gasteiger partial charge in [0, 0.05) is 19.3 Å². The summed E-state index contributed by atoms with van der Waals surface area (Å²) >= 11 is 12.1. The molecule has 0 unspecified atom stereocenters. The fourth-order valence-electron chi connectivity index (χ4n) is 2.31. The third kappa shape index (κ3) is 5.39. The summed E-state index contributed by atoms with van der Waals surface area (Å²) in [5, 5.41) is 14.5. The van der Waals surface area contributed by atoms with Crippen LogP contribution in [0.1, 0.15) is 18.4 Å². The van der Waals surface area contributed by atoms with Gasteiger partial charge >= 0.3 is 0 Å². The second kappa shape index (κ2) is 10.00. The van der Waals surface area contributed by atoms with Crippen molar-refractivity contribution < 1.29 is 4.42 Å². The summed E-state index contributed by atoms with van der Waals surface area (Å²) in [6, 6.07) is 5.42. The Labute approximate surface area is 183 Å². The first-order valence-electron chi connectivity index (χ1n) is 8.05. The van der Waals surface area contributed by atoms with Gasteiger partial charge in [0.1, 0.15) is 17.5 Å². The summed E-state index contributed by atoms with van der Waals surface area (Å²) < 4.78 is 7.10. The normalized spacial score (nSPS) is 11.3. The van der Waals surface area contributed by atoms with Crippen LogP contribution in [0.5, 0.6) is 0 Å². The molecule has 3 N–H and O–H groups in total. The summed E-state index contributed by atoms with van der Waals surface area (Å²) in [6.07, 6.45) is 1.58. The van der Waals surface area contributed by atoms with E-state index in [1.807, 2.05) is 24.6 Å². The molecule has 146 valence electrons. The summed E-state index contributed by atoms with van der Waals surface area (Å²) in [7, 11) is 1.86. The van der Waals surface area contributed by atoms with E-state index in [1.165, 1.54) is 0 Å². The van der Waals surface area contributed by atoms with Crippen molar-refractivity contribution in [3.8, 4) is 11.6 Å². The molecule has 0 fully saturated rings. The number of aromatic amines is 1. The van der Waals surface area contributed by atoms with E-state index in [-0.39, 0.29) is 24.0 Å². The smallest absolute Gasteiger partial charge is 0.216 e. The zero-order valence-corrected chi connectivity index (χ0v) is 18.6. The first kappa shape index (κ1) is 21.6. The molecule has 27 heavy (non-hydrogen) atoms. The van der Waals surface area contributed by atoms with E-state index in [4.69, 9.17) is 27.6 Å². The molecule has 0 amide bonds. The van der Waals surface area contributed by atoms with E-state index in [0.717, 1.165) is 12.2 Å². The van der Waals surface area contributed by atoms with E-state index >= 15 is 0 Å². The van der Waals surface area contributed by atoms with Gasteiger partial charge in [0.25, 0.3) is 0 Å². The third-order valence-corrected chi connectivity index (χ3v) is 4.50. The van der Waals surface area contributed by atoms with Crippen LogP contribution in [-0.4, -0.2) is 32.3 Å². The molecule has 0 spiro atoms. The molecule has 0 radical (unpaired) electrons. The molecule has 11 heteroatoms. The van der Waals surface area contributed by atoms with E-state index < -0.39 is 0 Å². The third-order valence-electron chi connectivity index (χ3n) is 3.66. The van der Waals surface area contributed by atoms with Crippen molar-refractivity contribution >= 4 is 53.1 Å². The van der Waals surface area contributed by atoms with Crippen molar-refractivity contribution in [3.63, 3.8) is 0 Å². The zero-order valence-electron chi connectivity index (χ0n) is 14.8. The molecule has 0 aliphatic carbocycles. The second-order valence-electron chi connectivity index (χ2n) is 5.47. The fraction of sp³-hybridized carbons (Fsp3) is 0.312. The Kier molecular flexibility index (Phi) is 7.99. The van der Waals surface area contributed by atoms with Crippen molar-refractivity contribution in [1.29, 1.82) is 0 Å². The Morgan fingerprint density at radius 2 is 2.19 bits per heavy atom. The highest BCUT2D eigenvalue weighted by atomic mass is 127. The molecule has 0 atom stereocenters. The van der Waals surface area contributed by atoms with Gasteiger partial charge in [-0.2, -0.15) is 0 Å². The molecule has 3 rings (SSSR count). The SMILES string of the molecule is CCNC(=NCc1nc(-c2ccco2)n[nH]1)NCc1cc(Cl)c(Cl)n1C.I. The molecule has 3 aromatic heterocycles. The van der Waals surface area contributed by atoms with Gasteiger partial charge in [0.05, 0.1) is 17.8 Å². The molecule has 0 aromatic carbocycles. The summed E-state index contributed by atoms with van der Waals surface area (Å²) in [5.74, 6) is 2.40. The van der Waals surface area contributed by atoms with E-state index in [0.29, 0.717) is 46.6 Å². The minimum absolute atomic E-state index is 0. The number of hydrogen-bond donors (Lipinski definition) is 3. The van der Waals surface area contributed by atoms with Gasteiger partial charge in [-0.15, -0.1) is 29.1 Å². The highest BCUT2D eigenvalue weighted by molar-refractivity contribution is 14.0. The molecule has 8 nitrogen and oxygen atoms in total. The minimum Gasteiger partial charge on any atom is -0.461 e. The van der Waals surface area contributed by atoms with Crippen LogP contribution in [0, 0.1) is 0 Å². The maximum atomic E-state index is 6.09. The van der Waals surface area contributed by atoms with Crippen molar-refractivity contribution in [1.82, 2.24) is 30.4 Å². The Hall–Kier alpha value is -1.72. The number of nitrogens with zero attached hydrogens (tertiary/aromatic N) is 4. The number of guanidine groups is 1. The average Bonchev–Trinajstić information content (AvgIpc) is 3.36. The Morgan fingerprint density at radius 3 is 2.81 bits per heavy atom. The predicted molar refractivity (Wildman–Crippen MR) is 117 cm³/mol. The number of aromatic nitrogens is 4. The first-order chi connectivity index (χ1) is 12.6. The van der Waals surface area contributed by atoms with Crippen LogP contribution in [0.2, 0.25) is 10.2 Å². The van der Waals surface area contributed by atoms with Crippen molar-refractivity contribution in [2.75, 3.05) is 6.54 Å². The van der Waals surface area contributed by atoms with E-state index in [9.17, 15) is 0 Å². The number of rotatable bonds is 6. The van der Waals surface area contributed by atoms with Crippen LogP contribution in [0.3, 0.4) is 0 Å². The van der Waals surface area contributed by atoms with Gasteiger partial charge in [-0.3, -0.25) is 5.10 Å². The van der Waals surface area contributed by atoms with E-state index in [1.54, 1.807) is 18.4 Å². The van der Waals surface area contributed by atoms with Gasteiger partial charge < -0.3 is 19.6 Å². The molecule has 3 aromatic rings. The quantitative estimate of drug-likeness (QED) is 0.261. The highest BCUT2D eigenvalue weighted by Crippen LogP contribution is 2.24. The molecule has 0 aliphatic heterocycles. The lowest BCUT2D eigenvalue weighted by Crippen LogP contribution is -2.37. The summed E-state index contributed by atoms with van der Waals surface area (Å²) in [6.45, 7) is 3.60. The maximum absolute atomic E-state index is 6.09. The van der Waals surface area contributed by atoms with Crippen LogP contribution >= 0.6 is 47.2 Å². The van der Waals surface area contributed by atoms with Crippen molar-refractivity contribution in [2.24, 2.45) is 12.0 Å². The van der Waals surface area contributed by atoms with Crippen LogP contribution in [0.4, 0.5) is 0 Å². The number of hydrogen-bond acceptors (Lipinski definition) is 4. The van der Waals surface area contributed by atoms with Crippen LogP contribution in [0.25, 0.3) is 11.6 Å². The molecule has 0 saturated carbocycles. The van der Waals surface area contributed by atoms with Crippen molar-refractivity contribution in [3.05, 3.63) is 46.2 Å². The fourth-order valence-corrected chi connectivity index (χ4v) is 2.73. The monoisotopic (exact) mass is 523 g/mol. The van der Waals surface area contributed by atoms with Gasteiger partial charge in [-0.05, 0) is 25.1 Å². The largest absolute Gasteiger partial charge is 0.461 e. The molecular formula is C16H20Cl2IN7O. The zero-order chi connectivity index (χ0) is 18.5. The lowest BCUT2D eigenvalue weighted by Gasteiger charge is -2.11. The van der Waals surface area contributed by atoms with Crippen molar-refractivity contribution in [2.45, 2.75) is 20.0 Å². The number of aliphatic imine (C=N–C) groups is 1. The lowest BCUT2D eigenvalue weighted by atomic mass is 10.4. The minimum atomic E-state index is 0. The van der Waals surface area contributed by atoms with Gasteiger partial charge in [-0.1, -0.05) is 23.2 Å². The van der Waals surface area contributed by atoms with E-state index in [2.05, 4.69) is 30.8 Å². The van der Waals surface area contributed by atoms with Crippen LogP contribution in [-0.2, 0) is 20.1 Å². The standard InChI is InChI=1S/C16H19Cl2N7O.HI/c1-3-19-16(20-8-10-7-11(17)14(18)25(10)2)21-9-13-22-15(24-23-13)12-5-4-6-26-12;/h4-7H,3,8-9H2,1-2H3,(H2,19,20,21)(H,22,23,24);1H. The highest BCUT2D eigenvalue weighted by Gasteiger charge is 2.10. The predicted octanol–water partition coefficient (Wildman–Crippen LogP) is 3.58. The lowest BCUT2D eigenvalue weighted by molar-refractivity contribution is 0.577. The van der Waals surface area contributed by atoms with Gasteiger partial charge in [-0.25, -0.2) is 9.98 Å². The maximum Gasteiger partial charge on any atom is 0.216 e. The molecule has 0 aliphatic rings. The second-order valence-corrected chi connectivity index (χ2v) is 6.23. The van der Waals surface area contributed by atoms with Gasteiger partial charge in [0.2, 0.25) is 5.82 Å². The molecule has 0 bridgehead atoms. The Bertz CT molecular complexity index is 889. The number of halogens is 3. The first-order valence-corrected chi connectivity index (χ1v) is 8.81. The van der Waals surface area contributed by atoms with Gasteiger partial charge in [0.15, 0.2) is 11.7 Å². The molecule has 3 heterocycles. The number of nitrogens with one attached hydrogen (secondary N) is 3. The Balaban J connectivity index is 0.00000261. The van der Waals surface area contributed by atoms with Crippen LogP contribution < -0.4 is 10.6 Å². The number of furan rings is 1. The van der Waals surface area contributed by atoms with Crippen LogP contribution in [0.15, 0.2) is 33.9 Å². The molecular weight excluding hydrogens is 504 g/mol. The summed E-state index contributed by atoms with van der Waals surface area (Å²) in [4.78, 5) is 8.88. The topological polar surface area (TPSA) is 96.1 Å². The number of H-pyrrole nitrogens is 1. The molecule has 0 saturated heterocycles. The Morgan fingerprint density at radius 1 is 1.37 bits per heavy atom. The summed E-state index contributed by atoms with van der Waals surface area (Å²) in [5.41, 5.74) is 0.949. The average molecular weight is 524 g/mol.